The number of para-hydroxylation sites is 1. The van der Waals surface area contributed by atoms with Crippen molar-refractivity contribution >= 4 is 22.6 Å². The van der Waals surface area contributed by atoms with Crippen molar-refractivity contribution in [2.45, 2.75) is 19.9 Å². The Bertz CT molecular complexity index is 1310. The first-order valence-corrected chi connectivity index (χ1v) is 9.58. The fourth-order valence-corrected chi connectivity index (χ4v) is 4.03. The van der Waals surface area contributed by atoms with Crippen LogP contribution in [0.25, 0.3) is 11.0 Å². The van der Waals surface area contributed by atoms with E-state index >= 15 is 0 Å². The van der Waals surface area contributed by atoms with E-state index in [1.807, 2.05) is 86.6 Å². The molecule has 1 amide bonds. The standard InChI is InChI=1S/C25H19NO3/c1-15-13-19-20(14-16(15)2)29-24-21(23(19)27)22(17-9-5-3-6-10-17)26(25(24)28)18-11-7-4-8-12-18/h3-14,22H,1-2H3. The van der Waals surface area contributed by atoms with Crippen LogP contribution in [0.5, 0.6) is 0 Å². The highest BCUT2D eigenvalue weighted by molar-refractivity contribution is 6.10. The second kappa shape index (κ2) is 6.45. The van der Waals surface area contributed by atoms with Gasteiger partial charge < -0.3 is 4.42 Å². The van der Waals surface area contributed by atoms with Crippen LogP contribution in [0.15, 0.2) is 82.0 Å². The van der Waals surface area contributed by atoms with Crippen LogP contribution in [-0.2, 0) is 0 Å². The van der Waals surface area contributed by atoms with Crippen molar-refractivity contribution in [2.75, 3.05) is 4.90 Å². The van der Waals surface area contributed by atoms with E-state index in [4.69, 9.17) is 4.42 Å². The Morgan fingerprint density at radius 1 is 0.828 bits per heavy atom. The fraction of sp³-hybridized carbons (Fsp3) is 0.120. The summed E-state index contributed by atoms with van der Waals surface area (Å²) in [5.74, 6) is -0.166. The maximum Gasteiger partial charge on any atom is 0.295 e. The SMILES string of the molecule is Cc1cc2oc3c(c(=O)c2cc1C)C(c1ccccc1)N(c1ccccc1)C3=O. The Morgan fingerprint density at radius 2 is 1.45 bits per heavy atom. The van der Waals surface area contributed by atoms with Gasteiger partial charge in [-0.25, -0.2) is 0 Å². The summed E-state index contributed by atoms with van der Waals surface area (Å²) in [7, 11) is 0. The second-order valence-corrected chi connectivity index (χ2v) is 7.43. The Labute approximate surface area is 168 Å². The highest BCUT2D eigenvalue weighted by atomic mass is 16.3. The van der Waals surface area contributed by atoms with E-state index in [2.05, 4.69) is 0 Å². The van der Waals surface area contributed by atoms with E-state index in [0.717, 1.165) is 22.4 Å². The molecule has 0 N–H and O–H groups in total. The molecule has 5 rings (SSSR count). The van der Waals surface area contributed by atoms with Gasteiger partial charge >= 0.3 is 0 Å². The third kappa shape index (κ3) is 2.60. The normalized spacial score (nSPS) is 15.7. The molecule has 3 aromatic carbocycles. The number of hydrogen-bond acceptors (Lipinski definition) is 3. The van der Waals surface area contributed by atoms with Crippen LogP contribution >= 0.6 is 0 Å². The molecule has 0 aliphatic carbocycles. The number of hydrogen-bond donors (Lipinski definition) is 0. The van der Waals surface area contributed by atoms with Gasteiger partial charge in [-0.05, 0) is 54.8 Å². The lowest BCUT2D eigenvalue weighted by Gasteiger charge is -2.25. The lowest BCUT2D eigenvalue weighted by atomic mass is 9.97. The average Bonchev–Trinajstić information content (AvgIpc) is 3.04. The number of carbonyl (C=O) groups excluding carboxylic acids is 1. The molecular formula is C25H19NO3. The zero-order valence-electron chi connectivity index (χ0n) is 16.2. The van der Waals surface area contributed by atoms with E-state index in [9.17, 15) is 9.59 Å². The zero-order valence-corrected chi connectivity index (χ0v) is 16.2. The molecule has 1 unspecified atom stereocenters. The van der Waals surface area contributed by atoms with E-state index in [-0.39, 0.29) is 17.1 Å². The summed E-state index contributed by atoms with van der Waals surface area (Å²) in [5, 5.41) is 0.510. The van der Waals surface area contributed by atoms with Gasteiger partial charge in [-0.2, -0.15) is 0 Å². The summed E-state index contributed by atoms with van der Waals surface area (Å²) in [5.41, 5.74) is 4.35. The van der Waals surface area contributed by atoms with E-state index in [1.54, 1.807) is 4.90 Å². The summed E-state index contributed by atoms with van der Waals surface area (Å²) >= 11 is 0. The molecule has 0 radical (unpaired) electrons. The quantitative estimate of drug-likeness (QED) is 0.482. The molecule has 1 aliphatic heterocycles. The van der Waals surface area contributed by atoms with Crippen LogP contribution in [0.1, 0.15) is 38.9 Å². The Kier molecular flexibility index (Phi) is 3.88. The van der Waals surface area contributed by atoms with Crippen LogP contribution in [0.3, 0.4) is 0 Å². The van der Waals surface area contributed by atoms with Gasteiger partial charge in [0.2, 0.25) is 5.76 Å². The predicted molar refractivity (Wildman–Crippen MR) is 113 cm³/mol. The van der Waals surface area contributed by atoms with Gasteiger partial charge in [-0.15, -0.1) is 0 Å². The van der Waals surface area contributed by atoms with Gasteiger partial charge in [0.25, 0.3) is 5.91 Å². The molecule has 0 saturated heterocycles. The van der Waals surface area contributed by atoms with Gasteiger partial charge in [0.1, 0.15) is 5.58 Å². The Morgan fingerprint density at radius 3 is 2.14 bits per heavy atom. The first kappa shape index (κ1) is 17.4. The van der Waals surface area contributed by atoms with Gasteiger partial charge in [0.15, 0.2) is 5.43 Å². The van der Waals surface area contributed by atoms with Crippen LogP contribution in [0, 0.1) is 13.8 Å². The van der Waals surface area contributed by atoms with Gasteiger partial charge in [0, 0.05) is 5.69 Å². The molecule has 29 heavy (non-hydrogen) atoms. The minimum absolute atomic E-state index is 0.128. The minimum Gasteiger partial charge on any atom is -0.450 e. The average molecular weight is 381 g/mol. The molecule has 0 fully saturated rings. The highest BCUT2D eigenvalue weighted by Crippen LogP contribution is 2.41. The van der Waals surface area contributed by atoms with Crippen molar-refractivity contribution in [3.63, 3.8) is 0 Å². The van der Waals surface area contributed by atoms with E-state index in [0.29, 0.717) is 16.5 Å². The number of anilines is 1. The minimum atomic E-state index is -0.525. The van der Waals surface area contributed by atoms with Crippen molar-refractivity contribution in [2.24, 2.45) is 0 Å². The number of benzene rings is 3. The van der Waals surface area contributed by atoms with Crippen LogP contribution in [0.2, 0.25) is 0 Å². The van der Waals surface area contributed by atoms with Crippen molar-refractivity contribution in [1.29, 1.82) is 0 Å². The molecule has 2 heterocycles. The monoisotopic (exact) mass is 381 g/mol. The van der Waals surface area contributed by atoms with E-state index in [1.165, 1.54) is 0 Å². The number of fused-ring (bicyclic) bond motifs is 2. The van der Waals surface area contributed by atoms with Crippen molar-refractivity contribution < 1.29 is 9.21 Å². The van der Waals surface area contributed by atoms with Gasteiger partial charge in [0.05, 0.1) is 17.0 Å². The Balaban J connectivity index is 1.84. The Hall–Kier alpha value is -3.66. The molecule has 0 saturated carbocycles. The molecule has 0 spiro atoms. The summed E-state index contributed by atoms with van der Waals surface area (Å²) < 4.78 is 6.05. The molecule has 1 aromatic heterocycles. The number of amides is 1. The number of aryl methyl sites for hydroxylation is 2. The summed E-state index contributed by atoms with van der Waals surface area (Å²) in [6.45, 7) is 3.93. The molecule has 0 bridgehead atoms. The second-order valence-electron chi connectivity index (χ2n) is 7.43. The summed E-state index contributed by atoms with van der Waals surface area (Å²) in [6.07, 6.45) is 0. The van der Waals surface area contributed by atoms with Crippen LogP contribution in [0.4, 0.5) is 5.69 Å². The molecule has 1 atom stereocenters. The van der Waals surface area contributed by atoms with Crippen molar-refractivity contribution in [1.82, 2.24) is 0 Å². The highest BCUT2D eigenvalue weighted by Gasteiger charge is 2.43. The number of carbonyl (C=O) groups is 1. The zero-order chi connectivity index (χ0) is 20.1. The van der Waals surface area contributed by atoms with Crippen molar-refractivity contribution in [3.8, 4) is 0 Å². The maximum atomic E-state index is 13.6. The molecular weight excluding hydrogens is 362 g/mol. The number of rotatable bonds is 2. The third-order valence-electron chi connectivity index (χ3n) is 5.64. The lowest BCUT2D eigenvalue weighted by molar-refractivity contribution is 0.0971. The molecule has 1 aliphatic rings. The van der Waals surface area contributed by atoms with Crippen LogP contribution < -0.4 is 10.3 Å². The first-order chi connectivity index (χ1) is 14.1. The topological polar surface area (TPSA) is 50.5 Å². The maximum absolute atomic E-state index is 13.6. The van der Waals surface area contributed by atoms with Gasteiger partial charge in [-0.1, -0.05) is 48.5 Å². The largest absolute Gasteiger partial charge is 0.450 e. The first-order valence-electron chi connectivity index (χ1n) is 9.58. The molecule has 4 nitrogen and oxygen atoms in total. The summed E-state index contributed by atoms with van der Waals surface area (Å²) in [4.78, 5) is 28.6. The van der Waals surface area contributed by atoms with Gasteiger partial charge in [-0.3, -0.25) is 14.5 Å². The molecule has 142 valence electrons. The fourth-order valence-electron chi connectivity index (χ4n) is 4.03. The third-order valence-corrected chi connectivity index (χ3v) is 5.64. The van der Waals surface area contributed by atoms with E-state index < -0.39 is 6.04 Å². The predicted octanol–water partition coefficient (Wildman–Crippen LogP) is 5.16. The summed E-state index contributed by atoms with van der Waals surface area (Å²) in [6, 6.07) is 22.2. The molecule has 4 heteroatoms. The number of nitrogens with zero attached hydrogens (tertiary/aromatic N) is 1. The van der Waals surface area contributed by atoms with Crippen molar-refractivity contribution in [3.05, 3.63) is 111 Å². The lowest BCUT2D eigenvalue weighted by Crippen LogP contribution is -2.29. The molecule has 4 aromatic rings. The van der Waals surface area contributed by atoms with Crippen LogP contribution in [-0.4, -0.2) is 5.91 Å². The smallest absolute Gasteiger partial charge is 0.295 e.